The van der Waals surface area contributed by atoms with Crippen LogP contribution in [-0.4, -0.2) is 23.5 Å². The summed E-state index contributed by atoms with van der Waals surface area (Å²) in [6, 6.07) is 0.636. The summed E-state index contributed by atoms with van der Waals surface area (Å²) < 4.78 is 0. The van der Waals surface area contributed by atoms with Crippen molar-refractivity contribution in [2.75, 3.05) is 12.3 Å². The molecule has 1 N–H and O–H groups in total. The Morgan fingerprint density at radius 2 is 2.27 bits per heavy atom. The molecule has 0 amide bonds. The van der Waals surface area contributed by atoms with Crippen LogP contribution in [0.15, 0.2) is 4.99 Å². The SMILES string of the molecule is CC(C)C1CCSC(=NCC2(C)CC2)N1. The maximum Gasteiger partial charge on any atom is 0.156 e. The molecule has 86 valence electrons. The molecule has 2 nitrogen and oxygen atoms in total. The van der Waals surface area contributed by atoms with Crippen molar-refractivity contribution in [3.63, 3.8) is 0 Å². The van der Waals surface area contributed by atoms with Gasteiger partial charge in [0.1, 0.15) is 0 Å². The van der Waals surface area contributed by atoms with Crippen molar-refractivity contribution in [1.29, 1.82) is 0 Å². The minimum atomic E-state index is 0.542. The quantitative estimate of drug-likeness (QED) is 0.800. The first kappa shape index (κ1) is 11.3. The van der Waals surface area contributed by atoms with Gasteiger partial charge in [0.2, 0.25) is 0 Å². The third-order valence-corrected chi connectivity index (χ3v) is 4.45. The number of nitrogens with one attached hydrogen (secondary N) is 1. The Balaban J connectivity index is 1.86. The Kier molecular flexibility index (Phi) is 3.29. The lowest BCUT2D eigenvalue weighted by Crippen LogP contribution is -2.41. The number of nitrogens with zero attached hydrogens (tertiary/aromatic N) is 1. The second-order valence-corrected chi connectivity index (χ2v) is 6.65. The van der Waals surface area contributed by atoms with Crippen molar-refractivity contribution in [1.82, 2.24) is 5.32 Å². The molecule has 1 aliphatic carbocycles. The summed E-state index contributed by atoms with van der Waals surface area (Å²) in [5, 5.41) is 4.75. The standard InChI is InChI=1S/C12H22N2S/c1-9(2)10-4-7-15-11(14-10)13-8-12(3)5-6-12/h9-10H,4-8H2,1-3H3,(H,13,14). The van der Waals surface area contributed by atoms with E-state index in [1.165, 1.54) is 30.2 Å². The molecular weight excluding hydrogens is 204 g/mol. The fourth-order valence-electron chi connectivity index (χ4n) is 1.78. The molecule has 0 spiro atoms. The molecular formula is C12H22N2S. The van der Waals surface area contributed by atoms with Crippen LogP contribution in [0.25, 0.3) is 0 Å². The molecule has 0 aromatic carbocycles. The first-order valence-corrected chi connectivity index (χ1v) is 7.01. The Labute approximate surface area is 97.3 Å². The van der Waals surface area contributed by atoms with Gasteiger partial charge >= 0.3 is 0 Å². The van der Waals surface area contributed by atoms with Gasteiger partial charge in [-0.3, -0.25) is 4.99 Å². The van der Waals surface area contributed by atoms with E-state index in [9.17, 15) is 0 Å². The summed E-state index contributed by atoms with van der Waals surface area (Å²) in [5.41, 5.74) is 0.542. The Morgan fingerprint density at radius 3 is 2.87 bits per heavy atom. The van der Waals surface area contributed by atoms with Crippen molar-refractivity contribution in [3.05, 3.63) is 0 Å². The minimum absolute atomic E-state index is 0.542. The average molecular weight is 226 g/mol. The molecule has 1 aliphatic heterocycles. The van der Waals surface area contributed by atoms with Crippen LogP contribution < -0.4 is 5.32 Å². The summed E-state index contributed by atoms with van der Waals surface area (Å²) in [6.45, 7) is 7.93. The number of thioether (sulfide) groups is 1. The van der Waals surface area contributed by atoms with E-state index in [0.717, 1.165) is 6.54 Å². The van der Waals surface area contributed by atoms with E-state index in [-0.39, 0.29) is 0 Å². The number of rotatable bonds is 3. The normalized spacial score (nSPS) is 31.7. The van der Waals surface area contributed by atoms with Gasteiger partial charge in [0.25, 0.3) is 0 Å². The second-order valence-electron chi connectivity index (χ2n) is 5.56. The smallest absolute Gasteiger partial charge is 0.156 e. The van der Waals surface area contributed by atoms with Crippen LogP contribution in [0.5, 0.6) is 0 Å². The fraction of sp³-hybridized carbons (Fsp3) is 0.917. The zero-order chi connectivity index (χ0) is 10.9. The van der Waals surface area contributed by atoms with Gasteiger partial charge < -0.3 is 5.32 Å². The number of aliphatic imine (C=N–C) groups is 1. The Morgan fingerprint density at radius 1 is 1.53 bits per heavy atom. The molecule has 1 saturated heterocycles. The van der Waals surface area contributed by atoms with Gasteiger partial charge in [0, 0.05) is 18.3 Å². The third-order valence-electron chi connectivity index (χ3n) is 3.49. The van der Waals surface area contributed by atoms with Gasteiger partial charge in [-0.15, -0.1) is 0 Å². The van der Waals surface area contributed by atoms with E-state index >= 15 is 0 Å². The van der Waals surface area contributed by atoms with Gasteiger partial charge in [0.05, 0.1) is 0 Å². The highest BCUT2D eigenvalue weighted by Crippen LogP contribution is 2.45. The van der Waals surface area contributed by atoms with Crippen molar-refractivity contribution < 1.29 is 0 Å². The lowest BCUT2D eigenvalue weighted by Gasteiger charge is -2.28. The van der Waals surface area contributed by atoms with Gasteiger partial charge in [-0.25, -0.2) is 0 Å². The summed E-state index contributed by atoms with van der Waals surface area (Å²) in [4.78, 5) is 4.72. The number of hydrogen-bond donors (Lipinski definition) is 1. The zero-order valence-corrected chi connectivity index (χ0v) is 10.9. The molecule has 2 rings (SSSR count). The molecule has 1 atom stereocenters. The molecule has 2 aliphatic rings. The summed E-state index contributed by atoms with van der Waals surface area (Å²) in [5.74, 6) is 1.94. The van der Waals surface area contributed by atoms with E-state index in [2.05, 4.69) is 26.1 Å². The van der Waals surface area contributed by atoms with Crippen molar-refractivity contribution in [2.45, 2.75) is 46.1 Å². The lowest BCUT2D eigenvalue weighted by molar-refractivity contribution is 0.441. The Bertz CT molecular complexity index is 256. The van der Waals surface area contributed by atoms with Crippen LogP contribution in [0.1, 0.15) is 40.0 Å². The van der Waals surface area contributed by atoms with Gasteiger partial charge in [-0.2, -0.15) is 0 Å². The molecule has 3 heteroatoms. The van der Waals surface area contributed by atoms with Crippen molar-refractivity contribution in [2.24, 2.45) is 16.3 Å². The van der Waals surface area contributed by atoms with Gasteiger partial charge in [0.15, 0.2) is 5.17 Å². The predicted octanol–water partition coefficient (Wildman–Crippen LogP) is 2.89. The molecule has 1 heterocycles. The summed E-state index contributed by atoms with van der Waals surface area (Å²) >= 11 is 1.89. The van der Waals surface area contributed by atoms with Crippen LogP contribution >= 0.6 is 11.8 Å². The van der Waals surface area contributed by atoms with Crippen molar-refractivity contribution >= 4 is 16.9 Å². The third kappa shape index (κ3) is 3.13. The van der Waals surface area contributed by atoms with Crippen LogP contribution in [0.4, 0.5) is 0 Å². The summed E-state index contributed by atoms with van der Waals surface area (Å²) in [7, 11) is 0. The highest BCUT2D eigenvalue weighted by Gasteiger charge is 2.37. The van der Waals surface area contributed by atoms with E-state index in [1.807, 2.05) is 11.8 Å². The first-order chi connectivity index (χ1) is 7.09. The maximum atomic E-state index is 4.72. The number of amidine groups is 1. The molecule has 1 saturated carbocycles. The van der Waals surface area contributed by atoms with E-state index in [4.69, 9.17) is 4.99 Å². The molecule has 0 radical (unpaired) electrons. The molecule has 2 fully saturated rings. The Hall–Kier alpha value is -0.180. The van der Waals surface area contributed by atoms with Crippen LogP contribution in [0.2, 0.25) is 0 Å². The fourth-order valence-corrected chi connectivity index (χ4v) is 2.74. The monoisotopic (exact) mass is 226 g/mol. The average Bonchev–Trinajstić information content (AvgIpc) is 2.95. The van der Waals surface area contributed by atoms with Crippen LogP contribution in [0.3, 0.4) is 0 Å². The van der Waals surface area contributed by atoms with E-state index in [1.54, 1.807) is 0 Å². The van der Waals surface area contributed by atoms with Crippen LogP contribution in [0, 0.1) is 11.3 Å². The van der Waals surface area contributed by atoms with E-state index < -0.39 is 0 Å². The maximum absolute atomic E-state index is 4.72. The molecule has 0 aromatic rings. The highest BCUT2D eigenvalue weighted by molar-refractivity contribution is 8.13. The largest absolute Gasteiger partial charge is 0.362 e. The number of hydrogen-bond acceptors (Lipinski definition) is 2. The summed E-state index contributed by atoms with van der Waals surface area (Å²) in [6.07, 6.45) is 4.00. The molecule has 0 aromatic heterocycles. The van der Waals surface area contributed by atoms with Crippen LogP contribution in [-0.2, 0) is 0 Å². The molecule has 1 unspecified atom stereocenters. The van der Waals surface area contributed by atoms with Crippen molar-refractivity contribution in [3.8, 4) is 0 Å². The second kappa shape index (κ2) is 4.36. The lowest BCUT2D eigenvalue weighted by atomic mass is 10.0. The highest BCUT2D eigenvalue weighted by atomic mass is 32.2. The topological polar surface area (TPSA) is 24.4 Å². The first-order valence-electron chi connectivity index (χ1n) is 6.03. The van der Waals surface area contributed by atoms with E-state index in [0.29, 0.717) is 17.4 Å². The molecule has 15 heavy (non-hydrogen) atoms. The predicted molar refractivity (Wildman–Crippen MR) is 68.5 cm³/mol. The zero-order valence-electron chi connectivity index (χ0n) is 10.0. The molecule has 0 bridgehead atoms. The van der Waals surface area contributed by atoms with Gasteiger partial charge in [-0.05, 0) is 30.6 Å². The minimum Gasteiger partial charge on any atom is -0.362 e. The van der Waals surface area contributed by atoms with Gasteiger partial charge in [-0.1, -0.05) is 32.5 Å².